The summed E-state index contributed by atoms with van der Waals surface area (Å²) in [6.07, 6.45) is 3.49. The zero-order valence-corrected chi connectivity index (χ0v) is 16.6. The van der Waals surface area contributed by atoms with E-state index in [4.69, 9.17) is 9.97 Å². The van der Waals surface area contributed by atoms with Crippen molar-refractivity contribution in [2.45, 2.75) is 13.8 Å². The lowest BCUT2D eigenvalue weighted by Gasteiger charge is -2.10. The van der Waals surface area contributed by atoms with E-state index in [9.17, 15) is 4.79 Å². The summed E-state index contributed by atoms with van der Waals surface area (Å²) in [5, 5.41) is 7.04. The van der Waals surface area contributed by atoms with Crippen molar-refractivity contribution in [1.29, 1.82) is 0 Å². The topological polar surface area (TPSA) is 79.8 Å². The van der Waals surface area contributed by atoms with E-state index in [1.165, 1.54) is 10.4 Å². The summed E-state index contributed by atoms with van der Waals surface area (Å²) < 4.78 is 0. The van der Waals surface area contributed by atoms with Gasteiger partial charge < -0.3 is 10.6 Å². The summed E-state index contributed by atoms with van der Waals surface area (Å²) in [6, 6.07) is 11.1. The second-order valence-electron chi connectivity index (χ2n) is 6.38. The van der Waals surface area contributed by atoms with E-state index in [-0.39, 0.29) is 5.91 Å². The van der Waals surface area contributed by atoms with Gasteiger partial charge in [-0.1, -0.05) is 0 Å². The van der Waals surface area contributed by atoms with E-state index in [0.717, 1.165) is 27.3 Å². The highest BCUT2D eigenvalue weighted by Gasteiger charge is 2.16. The molecule has 4 aromatic rings. The fraction of sp³-hybridized carbons (Fsp3) is 0.143. The third-order valence-electron chi connectivity index (χ3n) is 4.59. The number of benzene rings is 1. The van der Waals surface area contributed by atoms with Crippen LogP contribution in [0.4, 0.5) is 11.5 Å². The molecule has 0 unspecified atom stereocenters. The molecular formula is C21H19N5OS. The molecule has 0 saturated heterocycles. The zero-order chi connectivity index (χ0) is 19.7. The Hall–Kier alpha value is -3.32. The van der Waals surface area contributed by atoms with Crippen LogP contribution in [0.5, 0.6) is 0 Å². The number of aryl methyl sites for hydroxylation is 2. The first-order valence-corrected chi connectivity index (χ1v) is 9.66. The van der Waals surface area contributed by atoms with Crippen LogP contribution in [-0.4, -0.2) is 27.9 Å². The maximum atomic E-state index is 11.8. The van der Waals surface area contributed by atoms with Crippen molar-refractivity contribution in [2.75, 3.05) is 12.4 Å². The molecule has 7 heteroatoms. The van der Waals surface area contributed by atoms with Crippen LogP contribution in [0.25, 0.3) is 21.6 Å². The average molecular weight is 389 g/mol. The number of amides is 1. The molecule has 0 aliphatic carbocycles. The van der Waals surface area contributed by atoms with Crippen molar-refractivity contribution in [3.8, 4) is 11.4 Å². The van der Waals surface area contributed by atoms with Gasteiger partial charge in [-0.05, 0) is 55.8 Å². The van der Waals surface area contributed by atoms with Crippen molar-refractivity contribution >= 4 is 39.0 Å². The first kappa shape index (κ1) is 18.1. The normalized spacial score (nSPS) is 10.8. The number of hydrogen-bond acceptors (Lipinski definition) is 6. The van der Waals surface area contributed by atoms with E-state index in [0.29, 0.717) is 11.4 Å². The summed E-state index contributed by atoms with van der Waals surface area (Å²) in [7, 11) is 1.62. The highest BCUT2D eigenvalue weighted by atomic mass is 32.1. The number of anilines is 2. The molecule has 0 aliphatic rings. The number of carbonyl (C=O) groups excluding carboxylic acids is 1. The lowest BCUT2D eigenvalue weighted by atomic mass is 10.1. The summed E-state index contributed by atoms with van der Waals surface area (Å²) >= 11 is 1.66. The van der Waals surface area contributed by atoms with Crippen molar-refractivity contribution in [3.63, 3.8) is 0 Å². The number of nitrogens with one attached hydrogen (secondary N) is 2. The van der Waals surface area contributed by atoms with E-state index in [2.05, 4.69) is 29.5 Å². The van der Waals surface area contributed by atoms with Gasteiger partial charge in [0.1, 0.15) is 10.6 Å². The fourth-order valence-corrected chi connectivity index (χ4v) is 3.98. The Morgan fingerprint density at radius 3 is 2.54 bits per heavy atom. The number of rotatable bonds is 4. The molecule has 0 fully saturated rings. The molecule has 0 bridgehead atoms. The molecule has 1 amide bonds. The van der Waals surface area contributed by atoms with Crippen molar-refractivity contribution in [2.24, 2.45) is 0 Å². The minimum absolute atomic E-state index is 0.112. The van der Waals surface area contributed by atoms with E-state index < -0.39 is 0 Å². The number of thiophene rings is 1. The van der Waals surface area contributed by atoms with Crippen LogP contribution >= 0.6 is 11.3 Å². The molecule has 4 rings (SSSR count). The number of pyridine rings is 1. The van der Waals surface area contributed by atoms with Gasteiger partial charge in [0, 0.05) is 41.1 Å². The number of nitrogens with zero attached hydrogens (tertiary/aromatic N) is 3. The van der Waals surface area contributed by atoms with Gasteiger partial charge in [-0.15, -0.1) is 11.3 Å². The lowest BCUT2D eigenvalue weighted by Crippen LogP contribution is -2.17. The molecule has 1 aromatic carbocycles. The van der Waals surface area contributed by atoms with E-state index in [1.807, 2.05) is 24.3 Å². The Balaban J connectivity index is 1.79. The Bertz CT molecular complexity index is 1150. The highest BCUT2D eigenvalue weighted by molar-refractivity contribution is 7.18. The van der Waals surface area contributed by atoms with Crippen LogP contribution in [0, 0.1) is 13.8 Å². The second kappa shape index (κ2) is 7.36. The minimum Gasteiger partial charge on any atom is -0.355 e. The highest BCUT2D eigenvalue weighted by Crippen LogP contribution is 2.36. The fourth-order valence-electron chi connectivity index (χ4n) is 2.95. The SMILES string of the molecule is CNC(=O)c1ccc(Nc2nc(-c3cccnc3)nc3sc(C)c(C)c23)cc1. The monoisotopic (exact) mass is 389 g/mol. The van der Waals surface area contributed by atoms with Crippen LogP contribution in [0.3, 0.4) is 0 Å². The molecule has 0 saturated carbocycles. The maximum Gasteiger partial charge on any atom is 0.251 e. The standard InChI is InChI=1S/C21H19N5OS/c1-12-13(2)28-21-17(12)19(25-18(26-21)15-5-4-10-23-11-15)24-16-8-6-14(7-9-16)20(27)22-3/h4-11H,1-3H3,(H,22,27)(H,24,25,26). The molecule has 0 spiro atoms. The van der Waals surface area contributed by atoms with E-state index >= 15 is 0 Å². The van der Waals surface area contributed by atoms with Gasteiger partial charge in [-0.2, -0.15) is 0 Å². The van der Waals surface area contributed by atoms with Crippen molar-refractivity contribution < 1.29 is 4.79 Å². The summed E-state index contributed by atoms with van der Waals surface area (Å²) in [4.78, 5) is 27.6. The van der Waals surface area contributed by atoms with Crippen LogP contribution in [0.15, 0.2) is 48.8 Å². The Kier molecular flexibility index (Phi) is 4.75. The third kappa shape index (κ3) is 3.32. The average Bonchev–Trinajstić information content (AvgIpc) is 3.02. The first-order chi connectivity index (χ1) is 13.6. The molecule has 3 aromatic heterocycles. The molecular weight excluding hydrogens is 370 g/mol. The second-order valence-corrected chi connectivity index (χ2v) is 7.59. The van der Waals surface area contributed by atoms with Gasteiger partial charge in [0.05, 0.1) is 5.39 Å². The van der Waals surface area contributed by atoms with Gasteiger partial charge in [0.15, 0.2) is 5.82 Å². The van der Waals surface area contributed by atoms with Gasteiger partial charge in [-0.3, -0.25) is 9.78 Å². The molecule has 6 nitrogen and oxygen atoms in total. The van der Waals surface area contributed by atoms with Crippen molar-refractivity contribution in [3.05, 3.63) is 64.8 Å². The van der Waals surface area contributed by atoms with Gasteiger partial charge in [0.2, 0.25) is 0 Å². The maximum absolute atomic E-state index is 11.8. The van der Waals surface area contributed by atoms with Gasteiger partial charge in [0.25, 0.3) is 5.91 Å². The smallest absolute Gasteiger partial charge is 0.251 e. The third-order valence-corrected chi connectivity index (χ3v) is 5.69. The Labute approximate surface area is 166 Å². The number of fused-ring (bicyclic) bond motifs is 1. The molecule has 140 valence electrons. The molecule has 0 aliphatic heterocycles. The summed E-state index contributed by atoms with van der Waals surface area (Å²) in [6.45, 7) is 4.18. The number of hydrogen-bond donors (Lipinski definition) is 2. The predicted molar refractivity (Wildman–Crippen MR) is 113 cm³/mol. The molecule has 3 heterocycles. The van der Waals surface area contributed by atoms with E-state index in [1.54, 1.807) is 42.9 Å². The van der Waals surface area contributed by atoms with Gasteiger partial charge >= 0.3 is 0 Å². The van der Waals surface area contributed by atoms with Crippen LogP contribution in [-0.2, 0) is 0 Å². The zero-order valence-electron chi connectivity index (χ0n) is 15.8. The Morgan fingerprint density at radius 1 is 1.07 bits per heavy atom. The molecule has 28 heavy (non-hydrogen) atoms. The van der Waals surface area contributed by atoms with Crippen LogP contribution in [0.2, 0.25) is 0 Å². The minimum atomic E-state index is -0.112. The first-order valence-electron chi connectivity index (χ1n) is 8.84. The van der Waals surface area contributed by atoms with Crippen molar-refractivity contribution in [1.82, 2.24) is 20.3 Å². The number of aromatic nitrogens is 3. The quantitative estimate of drug-likeness (QED) is 0.538. The van der Waals surface area contributed by atoms with Crippen LogP contribution in [0.1, 0.15) is 20.8 Å². The largest absolute Gasteiger partial charge is 0.355 e. The summed E-state index contributed by atoms with van der Waals surface area (Å²) in [5.74, 6) is 1.27. The molecule has 2 N–H and O–H groups in total. The van der Waals surface area contributed by atoms with Gasteiger partial charge in [-0.25, -0.2) is 9.97 Å². The Morgan fingerprint density at radius 2 is 1.86 bits per heavy atom. The molecule has 0 radical (unpaired) electrons. The summed E-state index contributed by atoms with van der Waals surface area (Å²) in [5.41, 5.74) is 3.50. The predicted octanol–water partition coefficient (Wildman–Crippen LogP) is 4.47. The number of carbonyl (C=O) groups is 1. The van der Waals surface area contributed by atoms with Crippen LogP contribution < -0.4 is 10.6 Å². The lowest BCUT2D eigenvalue weighted by molar-refractivity contribution is 0.0963. The molecule has 0 atom stereocenters.